The van der Waals surface area contributed by atoms with Gasteiger partial charge in [0.05, 0.1) is 5.60 Å². The van der Waals surface area contributed by atoms with Crippen LogP contribution in [0.5, 0.6) is 0 Å². The Hall–Kier alpha value is -0.120. The maximum atomic E-state index is 10.3. The fourth-order valence-corrected chi connectivity index (χ4v) is 2.23. The van der Waals surface area contributed by atoms with Crippen LogP contribution in [0.2, 0.25) is 0 Å². The number of hydrogen-bond acceptors (Lipinski definition) is 3. The lowest BCUT2D eigenvalue weighted by molar-refractivity contribution is -0.107. The Labute approximate surface area is 93.6 Å². The van der Waals surface area contributed by atoms with Crippen LogP contribution in [0.25, 0.3) is 0 Å². The standard InChI is InChI=1S/C12H26N2O/c1-10(2)8-14(9-11(3,4)13)7-6-12(10,5)15/h15H,6-9,13H2,1-5H3/t12-/m1/s1. The van der Waals surface area contributed by atoms with Crippen LogP contribution in [0.4, 0.5) is 0 Å². The van der Waals surface area contributed by atoms with E-state index in [4.69, 9.17) is 5.73 Å². The highest BCUT2D eigenvalue weighted by molar-refractivity contribution is 4.97. The second-order valence-corrected chi connectivity index (χ2v) is 6.61. The third kappa shape index (κ3) is 3.16. The average molecular weight is 214 g/mol. The Balaban J connectivity index is 2.63. The zero-order valence-electron chi connectivity index (χ0n) is 10.8. The molecule has 0 radical (unpaired) electrons. The number of nitrogens with two attached hydrogens (primary N) is 1. The highest BCUT2D eigenvalue weighted by Gasteiger charge is 2.44. The van der Waals surface area contributed by atoms with Crippen molar-refractivity contribution in [1.82, 2.24) is 4.90 Å². The van der Waals surface area contributed by atoms with Gasteiger partial charge in [-0.05, 0) is 27.2 Å². The summed E-state index contributed by atoms with van der Waals surface area (Å²) in [7, 11) is 0. The number of hydrogen-bond donors (Lipinski definition) is 2. The van der Waals surface area contributed by atoms with Crippen LogP contribution >= 0.6 is 0 Å². The summed E-state index contributed by atoms with van der Waals surface area (Å²) in [6, 6.07) is 0. The van der Waals surface area contributed by atoms with Crippen molar-refractivity contribution < 1.29 is 5.11 Å². The number of nitrogens with zero attached hydrogens (tertiary/aromatic N) is 1. The Morgan fingerprint density at radius 3 is 2.27 bits per heavy atom. The van der Waals surface area contributed by atoms with E-state index in [9.17, 15) is 5.11 Å². The van der Waals surface area contributed by atoms with E-state index in [2.05, 4.69) is 18.7 Å². The first-order valence-electron chi connectivity index (χ1n) is 5.77. The molecule has 1 aliphatic heterocycles. The van der Waals surface area contributed by atoms with Gasteiger partial charge in [0.1, 0.15) is 0 Å². The maximum absolute atomic E-state index is 10.3. The minimum Gasteiger partial charge on any atom is -0.390 e. The second-order valence-electron chi connectivity index (χ2n) is 6.61. The van der Waals surface area contributed by atoms with Crippen LogP contribution < -0.4 is 5.73 Å². The molecule has 1 heterocycles. The molecule has 0 spiro atoms. The minimum atomic E-state index is -0.553. The van der Waals surface area contributed by atoms with Crippen molar-refractivity contribution >= 4 is 0 Å². The summed E-state index contributed by atoms with van der Waals surface area (Å²) in [5.74, 6) is 0. The predicted molar refractivity (Wildman–Crippen MR) is 63.7 cm³/mol. The number of piperidine rings is 1. The zero-order chi connectivity index (χ0) is 11.9. The van der Waals surface area contributed by atoms with Crippen LogP contribution in [0.15, 0.2) is 0 Å². The summed E-state index contributed by atoms with van der Waals surface area (Å²) >= 11 is 0. The third-order valence-corrected chi connectivity index (χ3v) is 3.62. The van der Waals surface area contributed by atoms with Crippen LogP contribution in [-0.4, -0.2) is 40.8 Å². The normalized spacial score (nSPS) is 33.0. The van der Waals surface area contributed by atoms with Gasteiger partial charge in [0.25, 0.3) is 0 Å². The van der Waals surface area contributed by atoms with E-state index in [0.29, 0.717) is 0 Å². The summed E-state index contributed by atoms with van der Waals surface area (Å²) in [5.41, 5.74) is 5.25. The van der Waals surface area contributed by atoms with Gasteiger partial charge >= 0.3 is 0 Å². The summed E-state index contributed by atoms with van der Waals surface area (Å²) in [4.78, 5) is 2.36. The molecular formula is C12H26N2O. The topological polar surface area (TPSA) is 49.5 Å². The van der Waals surface area contributed by atoms with Crippen molar-refractivity contribution in [2.24, 2.45) is 11.1 Å². The van der Waals surface area contributed by atoms with E-state index in [-0.39, 0.29) is 11.0 Å². The van der Waals surface area contributed by atoms with Crippen molar-refractivity contribution in [2.75, 3.05) is 19.6 Å². The fourth-order valence-electron chi connectivity index (χ4n) is 2.23. The van der Waals surface area contributed by atoms with Crippen molar-refractivity contribution in [2.45, 2.75) is 52.2 Å². The maximum Gasteiger partial charge on any atom is 0.0694 e. The molecule has 3 N–H and O–H groups in total. The molecule has 0 unspecified atom stereocenters. The molecule has 0 aromatic rings. The van der Waals surface area contributed by atoms with Crippen molar-refractivity contribution in [3.05, 3.63) is 0 Å². The summed E-state index contributed by atoms with van der Waals surface area (Å²) in [6.07, 6.45) is 0.829. The van der Waals surface area contributed by atoms with Crippen LogP contribution in [0.3, 0.4) is 0 Å². The molecular weight excluding hydrogens is 188 g/mol. The predicted octanol–water partition coefficient (Wildman–Crippen LogP) is 1.21. The van der Waals surface area contributed by atoms with Gasteiger partial charge in [-0.1, -0.05) is 13.8 Å². The molecule has 1 saturated heterocycles. The number of rotatable bonds is 2. The van der Waals surface area contributed by atoms with Crippen LogP contribution in [0, 0.1) is 5.41 Å². The van der Waals surface area contributed by atoms with Gasteiger partial charge in [-0.15, -0.1) is 0 Å². The molecule has 0 bridgehead atoms. The van der Waals surface area contributed by atoms with E-state index < -0.39 is 5.60 Å². The van der Waals surface area contributed by atoms with Gasteiger partial charge in [0.2, 0.25) is 0 Å². The molecule has 3 heteroatoms. The van der Waals surface area contributed by atoms with E-state index in [0.717, 1.165) is 26.1 Å². The minimum absolute atomic E-state index is 0.0590. The van der Waals surface area contributed by atoms with Crippen molar-refractivity contribution in [3.63, 3.8) is 0 Å². The molecule has 0 aromatic carbocycles. The Kier molecular flexibility index (Phi) is 3.21. The molecule has 1 aliphatic rings. The van der Waals surface area contributed by atoms with Gasteiger partial charge in [0, 0.05) is 30.6 Å². The molecule has 0 aliphatic carbocycles. The Bertz CT molecular complexity index is 228. The van der Waals surface area contributed by atoms with E-state index in [1.807, 2.05) is 20.8 Å². The van der Waals surface area contributed by atoms with Gasteiger partial charge in [-0.3, -0.25) is 0 Å². The monoisotopic (exact) mass is 214 g/mol. The highest BCUT2D eigenvalue weighted by atomic mass is 16.3. The largest absolute Gasteiger partial charge is 0.390 e. The Morgan fingerprint density at radius 1 is 1.33 bits per heavy atom. The highest BCUT2D eigenvalue weighted by Crippen LogP contribution is 2.38. The molecule has 15 heavy (non-hydrogen) atoms. The smallest absolute Gasteiger partial charge is 0.0694 e. The molecule has 0 aromatic heterocycles. The number of aliphatic hydroxyl groups is 1. The molecule has 0 saturated carbocycles. The fraction of sp³-hybridized carbons (Fsp3) is 1.00. The first-order valence-corrected chi connectivity index (χ1v) is 5.77. The molecule has 1 rings (SSSR count). The summed E-state index contributed by atoms with van der Waals surface area (Å²) in [6.45, 7) is 13.0. The van der Waals surface area contributed by atoms with E-state index >= 15 is 0 Å². The second kappa shape index (κ2) is 3.72. The lowest BCUT2D eigenvalue weighted by atomic mass is 9.71. The summed E-state index contributed by atoms with van der Waals surface area (Å²) < 4.78 is 0. The van der Waals surface area contributed by atoms with Gasteiger partial charge in [0.15, 0.2) is 0 Å². The van der Waals surface area contributed by atoms with Crippen molar-refractivity contribution in [1.29, 1.82) is 0 Å². The molecule has 0 amide bonds. The van der Waals surface area contributed by atoms with Gasteiger partial charge in [-0.25, -0.2) is 0 Å². The zero-order valence-corrected chi connectivity index (χ0v) is 10.8. The van der Waals surface area contributed by atoms with Crippen molar-refractivity contribution in [3.8, 4) is 0 Å². The van der Waals surface area contributed by atoms with Gasteiger partial charge < -0.3 is 15.7 Å². The van der Waals surface area contributed by atoms with Gasteiger partial charge in [-0.2, -0.15) is 0 Å². The lowest BCUT2D eigenvalue weighted by Gasteiger charge is -2.49. The molecule has 90 valence electrons. The molecule has 3 nitrogen and oxygen atoms in total. The number of likely N-dealkylation sites (tertiary alicyclic amines) is 1. The average Bonchev–Trinajstić information content (AvgIpc) is 1.94. The third-order valence-electron chi connectivity index (χ3n) is 3.62. The SMILES string of the molecule is CC(C)(N)CN1CC[C@@](C)(O)C(C)(C)C1. The first-order chi connectivity index (χ1) is 6.54. The van der Waals surface area contributed by atoms with E-state index in [1.54, 1.807) is 0 Å². The first kappa shape index (κ1) is 12.9. The quantitative estimate of drug-likeness (QED) is 0.726. The van der Waals surface area contributed by atoms with E-state index in [1.165, 1.54) is 0 Å². The van der Waals surface area contributed by atoms with Crippen LogP contribution in [0.1, 0.15) is 41.0 Å². The van der Waals surface area contributed by atoms with Crippen LogP contribution in [-0.2, 0) is 0 Å². The lowest BCUT2D eigenvalue weighted by Crippen LogP contribution is -2.58. The molecule has 1 fully saturated rings. The Morgan fingerprint density at radius 2 is 1.87 bits per heavy atom. The molecule has 1 atom stereocenters. The summed E-state index contributed by atoms with van der Waals surface area (Å²) in [5, 5.41) is 10.3.